The summed E-state index contributed by atoms with van der Waals surface area (Å²) in [4.78, 5) is 32.6. The van der Waals surface area contributed by atoms with Crippen LogP contribution < -0.4 is 0 Å². The lowest BCUT2D eigenvalue weighted by Gasteiger charge is -2.26. The van der Waals surface area contributed by atoms with E-state index >= 15 is 0 Å². The van der Waals surface area contributed by atoms with Crippen LogP contribution in [-0.2, 0) is 16.1 Å². The topological polar surface area (TPSA) is 62.7 Å². The maximum absolute atomic E-state index is 12.7. The molecule has 0 saturated carbocycles. The van der Waals surface area contributed by atoms with Gasteiger partial charge in [-0.25, -0.2) is 9.78 Å². The predicted octanol–water partition coefficient (Wildman–Crippen LogP) is 2.69. The normalized spacial score (nSPS) is 19.4. The van der Waals surface area contributed by atoms with Crippen LogP contribution in [0.1, 0.15) is 22.3 Å². The lowest BCUT2D eigenvalue weighted by atomic mass is 10.1. The first-order valence-electron chi connectivity index (χ1n) is 9.18. The molecular formula is C21H25N3O3S. The zero-order valence-corrected chi connectivity index (χ0v) is 17.2. The average molecular weight is 400 g/mol. The highest BCUT2D eigenvalue weighted by atomic mass is 32.2. The number of hydrogen-bond acceptors (Lipinski definition) is 6. The molecule has 7 heteroatoms. The SMILES string of the molecule is COC(=O)c1ccc(CN2C[C@H](Sc3ccccn3)C[C@H]2C(=O)N(C)C)cc1. The average Bonchev–Trinajstić information content (AvgIpc) is 3.10. The number of nitrogens with zero attached hydrogens (tertiary/aromatic N) is 3. The van der Waals surface area contributed by atoms with Crippen LogP contribution in [-0.4, -0.2) is 65.7 Å². The van der Waals surface area contributed by atoms with Crippen LogP contribution in [0.2, 0.25) is 0 Å². The minimum absolute atomic E-state index is 0.121. The van der Waals surface area contributed by atoms with Gasteiger partial charge in [-0.05, 0) is 36.2 Å². The second-order valence-electron chi connectivity index (χ2n) is 7.01. The molecule has 0 bridgehead atoms. The van der Waals surface area contributed by atoms with Crippen molar-refractivity contribution in [1.29, 1.82) is 0 Å². The first-order chi connectivity index (χ1) is 13.5. The van der Waals surface area contributed by atoms with Crippen molar-refractivity contribution < 1.29 is 14.3 Å². The van der Waals surface area contributed by atoms with E-state index in [0.29, 0.717) is 17.4 Å². The van der Waals surface area contributed by atoms with Crippen molar-refractivity contribution in [2.75, 3.05) is 27.7 Å². The van der Waals surface area contributed by atoms with Crippen LogP contribution in [0, 0.1) is 0 Å². The minimum atomic E-state index is -0.347. The Labute approximate surface area is 169 Å². The molecule has 2 aromatic rings. The largest absolute Gasteiger partial charge is 0.465 e. The molecule has 148 valence electrons. The summed E-state index contributed by atoms with van der Waals surface area (Å²) in [6.45, 7) is 1.47. The van der Waals surface area contributed by atoms with Crippen LogP contribution in [0.5, 0.6) is 0 Å². The number of hydrogen-bond donors (Lipinski definition) is 0. The van der Waals surface area contributed by atoms with E-state index in [1.807, 2.05) is 30.3 Å². The number of aromatic nitrogens is 1. The number of rotatable bonds is 6. The molecule has 1 aliphatic rings. The summed E-state index contributed by atoms with van der Waals surface area (Å²) < 4.78 is 4.75. The summed E-state index contributed by atoms with van der Waals surface area (Å²) in [5, 5.41) is 1.28. The molecule has 0 radical (unpaired) electrons. The number of likely N-dealkylation sites (tertiary alicyclic amines) is 1. The standard InChI is InChI=1S/C21H25N3O3S/c1-23(2)20(25)18-12-17(28-19-6-4-5-11-22-19)14-24(18)13-15-7-9-16(10-8-15)21(26)27-3/h4-11,17-18H,12-14H2,1-3H3/t17-,18+/m1/s1. The van der Waals surface area contributed by atoms with Crippen molar-refractivity contribution in [1.82, 2.24) is 14.8 Å². The van der Waals surface area contributed by atoms with Gasteiger partial charge in [-0.15, -0.1) is 11.8 Å². The highest BCUT2D eigenvalue weighted by Gasteiger charge is 2.38. The summed E-state index contributed by atoms with van der Waals surface area (Å²) in [6, 6.07) is 13.1. The van der Waals surface area contributed by atoms with Gasteiger partial charge < -0.3 is 9.64 Å². The number of esters is 1. The van der Waals surface area contributed by atoms with E-state index in [4.69, 9.17) is 4.74 Å². The van der Waals surface area contributed by atoms with Crippen molar-refractivity contribution in [2.24, 2.45) is 0 Å². The molecule has 1 amide bonds. The van der Waals surface area contributed by atoms with Gasteiger partial charge in [0, 0.05) is 38.6 Å². The first kappa shape index (κ1) is 20.4. The molecule has 6 nitrogen and oxygen atoms in total. The number of ether oxygens (including phenoxy) is 1. The third kappa shape index (κ3) is 4.91. The van der Waals surface area contributed by atoms with Gasteiger partial charge in [-0.2, -0.15) is 0 Å². The van der Waals surface area contributed by atoms with Crippen LogP contribution in [0.25, 0.3) is 0 Å². The van der Waals surface area contributed by atoms with Crippen molar-refractivity contribution in [3.05, 3.63) is 59.8 Å². The monoisotopic (exact) mass is 399 g/mol. The van der Waals surface area contributed by atoms with E-state index in [1.165, 1.54) is 7.11 Å². The Morgan fingerprint density at radius 2 is 1.96 bits per heavy atom. The Balaban J connectivity index is 1.72. The second-order valence-corrected chi connectivity index (χ2v) is 8.33. The molecule has 1 aromatic heterocycles. The number of pyridine rings is 1. The van der Waals surface area contributed by atoms with Crippen LogP contribution in [0.4, 0.5) is 0 Å². The van der Waals surface area contributed by atoms with Crippen molar-refractivity contribution in [3.8, 4) is 0 Å². The molecule has 2 atom stereocenters. The number of methoxy groups -OCH3 is 1. The van der Waals surface area contributed by atoms with Gasteiger partial charge in [0.15, 0.2) is 0 Å². The summed E-state index contributed by atoms with van der Waals surface area (Å²) in [6.07, 6.45) is 2.58. The zero-order chi connectivity index (χ0) is 20.1. The number of carbonyl (C=O) groups excluding carboxylic acids is 2. The predicted molar refractivity (Wildman–Crippen MR) is 109 cm³/mol. The maximum atomic E-state index is 12.7. The van der Waals surface area contributed by atoms with Crippen LogP contribution in [0.15, 0.2) is 53.7 Å². The fourth-order valence-corrected chi connectivity index (χ4v) is 4.53. The highest BCUT2D eigenvalue weighted by Crippen LogP contribution is 2.33. The molecule has 1 saturated heterocycles. The quantitative estimate of drug-likeness (QED) is 0.696. The van der Waals surface area contributed by atoms with Gasteiger partial charge in [0.25, 0.3) is 0 Å². The Morgan fingerprint density at radius 1 is 1.21 bits per heavy atom. The van der Waals surface area contributed by atoms with Crippen molar-refractivity contribution in [3.63, 3.8) is 0 Å². The third-order valence-corrected chi connectivity index (χ3v) is 5.93. The molecule has 0 N–H and O–H groups in total. The molecule has 0 aliphatic carbocycles. The smallest absolute Gasteiger partial charge is 0.337 e. The third-order valence-electron chi connectivity index (χ3n) is 4.78. The lowest BCUT2D eigenvalue weighted by Crippen LogP contribution is -2.42. The number of carbonyl (C=O) groups is 2. The fraction of sp³-hybridized carbons (Fsp3) is 0.381. The van der Waals surface area contributed by atoms with E-state index in [0.717, 1.165) is 23.6 Å². The lowest BCUT2D eigenvalue weighted by molar-refractivity contribution is -0.133. The van der Waals surface area contributed by atoms with Crippen molar-refractivity contribution in [2.45, 2.75) is 29.3 Å². The molecule has 1 aliphatic heterocycles. The maximum Gasteiger partial charge on any atom is 0.337 e. The highest BCUT2D eigenvalue weighted by molar-refractivity contribution is 7.99. The number of amides is 1. The molecular weight excluding hydrogens is 374 g/mol. The van der Waals surface area contributed by atoms with Crippen LogP contribution >= 0.6 is 11.8 Å². The molecule has 0 spiro atoms. The number of benzene rings is 1. The first-order valence-corrected chi connectivity index (χ1v) is 10.1. The number of thioether (sulfide) groups is 1. The molecule has 1 fully saturated rings. The van der Waals surface area contributed by atoms with E-state index in [2.05, 4.69) is 9.88 Å². The van der Waals surface area contributed by atoms with E-state index in [9.17, 15) is 9.59 Å². The van der Waals surface area contributed by atoms with E-state index in [-0.39, 0.29) is 17.9 Å². The Morgan fingerprint density at radius 3 is 2.57 bits per heavy atom. The second kappa shape index (κ2) is 9.21. The molecule has 2 heterocycles. The zero-order valence-electron chi connectivity index (χ0n) is 16.4. The van der Waals surface area contributed by atoms with Gasteiger partial charge in [0.1, 0.15) is 0 Å². The van der Waals surface area contributed by atoms with Gasteiger partial charge in [-0.3, -0.25) is 9.69 Å². The molecule has 0 unspecified atom stereocenters. The summed E-state index contributed by atoms with van der Waals surface area (Å²) in [7, 11) is 4.97. The molecule has 3 rings (SSSR count). The Bertz CT molecular complexity index is 811. The Hall–Kier alpha value is -2.38. The summed E-state index contributed by atoms with van der Waals surface area (Å²) >= 11 is 1.72. The molecule has 1 aromatic carbocycles. The van der Waals surface area contributed by atoms with Crippen molar-refractivity contribution >= 4 is 23.6 Å². The van der Waals surface area contributed by atoms with Gasteiger partial charge in [0.05, 0.1) is 23.7 Å². The van der Waals surface area contributed by atoms with Gasteiger partial charge in [0.2, 0.25) is 5.91 Å². The number of likely N-dealkylation sites (N-methyl/N-ethyl adjacent to an activating group) is 1. The van der Waals surface area contributed by atoms with Crippen LogP contribution in [0.3, 0.4) is 0 Å². The summed E-state index contributed by atoms with van der Waals surface area (Å²) in [5.74, 6) is -0.226. The fourth-order valence-electron chi connectivity index (χ4n) is 3.36. The summed E-state index contributed by atoms with van der Waals surface area (Å²) in [5.41, 5.74) is 1.59. The van der Waals surface area contributed by atoms with E-state index < -0.39 is 0 Å². The van der Waals surface area contributed by atoms with Gasteiger partial charge in [-0.1, -0.05) is 18.2 Å². The Kier molecular flexibility index (Phi) is 6.70. The molecule has 28 heavy (non-hydrogen) atoms. The van der Waals surface area contributed by atoms with Gasteiger partial charge >= 0.3 is 5.97 Å². The van der Waals surface area contributed by atoms with E-state index in [1.54, 1.807) is 49.1 Å². The minimum Gasteiger partial charge on any atom is -0.465 e.